The van der Waals surface area contributed by atoms with Crippen LogP contribution in [0.5, 0.6) is 5.75 Å². The Morgan fingerprint density at radius 2 is 1.70 bits per heavy atom. The van der Waals surface area contributed by atoms with Gasteiger partial charge in [0, 0.05) is 12.1 Å². The van der Waals surface area contributed by atoms with E-state index in [4.69, 9.17) is 0 Å². The fraction of sp³-hybridized carbons (Fsp3) is 0.400. The zero-order chi connectivity index (χ0) is 31.1. The van der Waals surface area contributed by atoms with Crippen LogP contribution in [0.15, 0.2) is 72.8 Å². The molecule has 1 amide bonds. The third-order valence-corrected chi connectivity index (χ3v) is 8.28. The lowest BCUT2D eigenvalue weighted by atomic mass is 9.94. The largest absolute Gasteiger partial charge is 0.461 e. The number of ether oxygens (including phenoxy) is 1. The van der Waals surface area contributed by atoms with E-state index in [0.717, 1.165) is 61.7 Å². The molecule has 3 aromatic carbocycles. The van der Waals surface area contributed by atoms with Gasteiger partial charge in [-0.25, -0.2) is 0 Å². The second-order valence-corrected chi connectivity index (χ2v) is 11.6. The highest BCUT2D eigenvalue weighted by Crippen LogP contribution is 2.30. The molecule has 0 radical (unpaired) electrons. The molecule has 0 bridgehead atoms. The monoisotopic (exact) mass is 610 g/mol. The van der Waals surface area contributed by atoms with E-state index in [0.29, 0.717) is 16.7 Å². The van der Waals surface area contributed by atoms with Gasteiger partial charge in [0.15, 0.2) is 0 Å². The van der Waals surface area contributed by atoms with Gasteiger partial charge in [0.2, 0.25) is 0 Å². The Labute approximate surface area is 255 Å². The molecule has 234 valence electrons. The smallest absolute Gasteiger partial charge is 0.428 e. The number of aryl methyl sites for hydroxylation is 1. The molecule has 2 atom stereocenters. The SMILES string of the molecule is O=C(NC(Cc1cccc(OC(F)(F)C(F)F)c1)C(O)c1ccc(CN2CCCCC2)cc1)c1cccc2c1C=CCCC2. The van der Waals surface area contributed by atoms with E-state index in [9.17, 15) is 27.5 Å². The van der Waals surface area contributed by atoms with E-state index in [2.05, 4.69) is 15.0 Å². The minimum Gasteiger partial charge on any atom is -0.428 e. The minimum atomic E-state index is -4.65. The molecular formula is C35H38F4N2O3. The van der Waals surface area contributed by atoms with Gasteiger partial charge >= 0.3 is 12.5 Å². The number of carbonyl (C=O) groups is 1. The molecule has 1 saturated heterocycles. The summed E-state index contributed by atoms with van der Waals surface area (Å²) in [6, 6.07) is 17.7. The van der Waals surface area contributed by atoms with Crippen LogP contribution < -0.4 is 10.1 Å². The van der Waals surface area contributed by atoms with E-state index >= 15 is 0 Å². The van der Waals surface area contributed by atoms with Crippen LogP contribution in [-0.4, -0.2) is 47.6 Å². The van der Waals surface area contributed by atoms with Gasteiger partial charge in [-0.15, -0.1) is 0 Å². The zero-order valence-electron chi connectivity index (χ0n) is 24.5. The second-order valence-electron chi connectivity index (χ2n) is 11.6. The summed E-state index contributed by atoms with van der Waals surface area (Å²) in [5.41, 5.74) is 4.50. The number of allylic oxidation sites excluding steroid dienone is 1. The van der Waals surface area contributed by atoms with Crippen molar-refractivity contribution in [3.8, 4) is 5.75 Å². The summed E-state index contributed by atoms with van der Waals surface area (Å²) < 4.78 is 57.0. The van der Waals surface area contributed by atoms with Crippen LogP contribution in [0.4, 0.5) is 17.6 Å². The normalized spacial score (nSPS) is 17.0. The van der Waals surface area contributed by atoms with Gasteiger partial charge in [-0.1, -0.05) is 67.1 Å². The number of aliphatic hydroxyl groups excluding tert-OH is 1. The number of piperidine rings is 1. The third-order valence-electron chi connectivity index (χ3n) is 8.28. The Morgan fingerprint density at radius 3 is 2.45 bits per heavy atom. The van der Waals surface area contributed by atoms with Crippen molar-refractivity contribution in [3.63, 3.8) is 0 Å². The molecule has 9 heteroatoms. The summed E-state index contributed by atoms with van der Waals surface area (Å²) in [4.78, 5) is 16.1. The number of nitrogens with zero attached hydrogens (tertiary/aromatic N) is 1. The lowest BCUT2D eigenvalue weighted by Gasteiger charge is -2.27. The van der Waals surface area contributed by atoms with Crippen LogP contribution >= 0.6 is 0 Å². The highest BCUT2D eigenvalue weighted by molar-refractivity contribution is 5.98. The van der Waals surface area contributed by atoms with Crippen molar-refractivity contribution in [3.05, 3.63) is 106 Å². The van der Waals surface area contributed by atoms with Crippen molar-refractivity contribution in [1.29, 1.82) is 0 Å². The lowest BCUT2D eigenvalue weighted by molar-refractivity contribution is -0.253. The Morgan fingerprint density at radius 1 is 0.955 bits per heavy atom. The lowest BCUT2D eigenvalue weighted by Crippen LogP contribution is -2.41. The summed E-state index contributed by atoms with van der Waals surface area (Å²) in [7, 11) is 0. The summed E-state index contributed by atoms with van der Waals surface area (Å²) in [6.45, 7) is 2.94. The highest BCUT2D eigenvalue weighted by atomic mass is 19.3. The first-order chi connectivity index (χ1) is 21.2. The molecule has 0 spiro atoms. The molecule has 44 heavy (non-hydrogen) atoms. The number of hydrogen-bond acceptors (Lipinski definition) is 4. The highest BCUT2D eigenvalue weighted by Gasteiger charge is 2.44. The van der Waals surface area contributed by atoms with Crippen molar-refractivity contribution in [2.75, 3.05) is 13.1 Å². The average Bonchev–Trinajstić information content (AvgIpc) is 3.27. The van der Waals surface area contributed by atoms with E-state index in [1.54, 1.807) is 12.1 Å². The van der Waals surface area contributed by atoms with Crippen molar-refractivity contribution >= 4 is 12.0 Å². The maximum atomic E-state index is 13.7. The number of carbonyl (C=O) groups excluding carboxylic acids is 1. The number of aliphatic hydroxyl groups is 1. The average molecular weight is 611 g/mol. The van der Waals surface area contributed by atoms with E-state index < -0.39 is 30.4 Å². The topological polar surface area (TPSA) is 61.8 Å². The summed E-state index contributed by atoms with van der Waals surface area (Å²) in [5.74, 6) is -0.816. The molecule has 2 aliphatic rings. The summed E-state index contributed by atoms with van der Waals surface area (Å²) >= 11 is 0. The maximum Gasteiger partial charge on any atom is 0.461 e. The van der Waals surface area contributed by atoms with Gasteiger partial charge in [0.25, 0.3) is 5.91 Å². The van der Waals surface area contributed by atoms with Crippen molar-refractivity contribution < 1.29 is 32.2 Å². The van der Waals surface area contributed by atoms with Crippen LogP contribution in [0, 0.1) is 0 Å². The van der Waals surface area contributed by atoms with Crippen LogP contribution in [0.25, 0.3) is 6.08 Å². The van der Waals surface area contributed by atoms with Crippen molar-refractivity contribution in [2.24, 2.45) is 0 Å². The van der Waals surface area contributed by atoms with E-state index in [1.165, 1.54) is 31.4 Å². The molecule has 5 rings (SSSR count). The number of amides is 1. The van der Waals surface area contributed by atoms with Crippen LogP contribution in [0.1, 0.15) is 76.4 Å². The predicted molar refractivity (Wildman–Crippen MR) is 162 cm³/mol. The number of hydrogen-bond donors (Lipinski definition) is 2. The van der Waals surface area contributed by atoms with Crippen LogP contribution in [0.3, 0.4) is 0 Å². The standard InChI is InChI=1S/C35H38F4N2O3/c36-34(37)35(38,39)44-28-12-7-9-25(21-28)22-31(40-33(43)30-14-8-11-26-10-3-1-4-13-29(26)30)32(42)27-17-15-24(16-18-27)23-41-19-5-2-6-20-41/h4,7-9,11-18,21,31-32,34,42H,1-3,5-6,10,19-20,22-23H2,(H,40,43). The molecule has 1 fully saturated rings. The van der Waals surface area contributed by atoms with Crippen LogP contribution in [0.2, 0.25) is 0 Å². The van der Waals surface area contributed by atoms with E-state index in [1.807, 2.05) is 48.6 Å². The molecule has 0 aromatic heterocycles. The number of rotatable bonds is 11. The van der Waals surface area contributed by atoms with Crippen LogP contribution in [-0.2, 0) is 19.4 Å². The molecular weight excluding hydrogens is 572 g/mol. The predicted octanol–water partition coefficient (Wildman–Crippen LogP) is 7.33. The molecule has 2 unspecified atom stereocenters. The fourth-order valence-corrected chi connectivity index (χ4v) is 5.94. The first-order valence-electron chi connectivity index (χ1n) is 15.2. The minimum absolute atomic E-state index is 0.0325. The van der Waals surface area contributed by atoms with Gasteiger partial charge in [-0.2, -0.15) is 17.6 Å². The quantitative estimate of drug-likeness (QED) is 0.223. The number of likely N-dealkylation sites (tertiary alicyclic amines) is 1. The van der Waals surface area contributed by atoms with Crippen molar-refractivity contribution in [2.45, 2.75) is 76.2 Å². The van der Waals surface area contributed by atoms with Crippen molar-refractivity contribution in [1.82, 2.24) is 10.2 Å². The number of halogens is 4. The Hall–Kier alpha value is -3.69. The van der Waals surface area contributed by atoms with Gasteiger partial charge in [0.1, 0.15) is 5.75 Å². The molecule has 1 heterocycles. The molecule has 2 N–H and O–H groups in total. The number of alkyl halides is 4. The first-order valence-corrected chi connectivity index (χ1v) is 15.2. The molecule has 1 aliphatic carbocycles. The molecule has 3 aromatic rings. The maximum absolute atomic E-state index is 13.7. The van der Waals surface area contributed by atoms with Gasteiger partial charge < -0.3 is 15.2 Å². The molecule has 1 aliphatic heterocycles. The summed E-state index contributed by atoms with van der Waals surface area (Å²) in [5, 5.41) is 14.5. The second kappa shape index (κ2) is 14.4. The number of nitrogens with one attached hydrogen (secondary N) is 1. The third kappa shape index (κ3) is 8.07. The molecule has 5 nitrogen and oxygen atoms in total. The number of fused-ring (bicyclic) bond motifs is 1. The molecule has 0 saturated carbocycles. The first kappa shape index (κ1) is 31.7. The van der Waals surface area contributed by atoms with Gasteiger partial charge in [0.05, 0.1) is 12.1 Å². The van der Waals surface area contributed by atoms with Gasteiger partial charge in [-0.05, 0) is 97.6 Å². The van der Waals surface area contributed by atoms with E-state index in [-0.39, 0.29) is 12.3 Å². The zero-order valence-corrected chi connectivity index (χ0v) is 24.5. The number of benzene rings is 3. The Kier molecular flexibility index (Phi) is 10.4. The van der Waals surface area contributed by atoms with Gasteiger partial charge in [-0.3, -0.25) is 9.69 Å². The summed E-state index contributed by atoms with van der Waals surface area (Å²) in [6.07, 6.45) is 0.590. The Bertz CT molecular complexity index is 1440. The Balaban J connectivity index is 1.39. The fourth-order valence-electron chi connectivity index (χ4n) is 5.94.